The van der Waals surface area contributed by atoms with E-state index in [-0.39, 0.29) is 22.9 Å². The molecule has 1 aromatic heterocycles. The van der Waals surface area contributed by atoms with Gasteiger partial charge in [0.15, 0.2) is 5.60 Å². The molecular formula is C27H33F4N3O3. The van der Waals surface area contributed by atoms with Gasteiger partial charge < -0.3 is 25.0 Å². The van der Waals surface area contributed by atoms with E-state index in [1.54, 1.807) is 18.2 Å². The first-order valence-corrected chi connectivity index (χ1v) is 11.8. The number of benzene rings is 2. The summed E-state index contributed by atoms with van der Waals surface area (Å²) in [6.45, 7) is 4.13. The number of carbonyl (C=O) groups is 1. The number of hydrogen-bond acceptors (Lipinski definition) is 4. The van der Waals surface area contributed by atoms with Gasteiger partial charge in [-0.1, -0.05) is 13.8 Å². The van der Waals surface area contributed by atoms with Crippen molar-refractivity contribution in [2.75, 3.05) is 34.3 Å². The fourth-order valence-electron chi connectivity index (χ4n) is 4.54. The Morgan fingerprint density at radius 3 is 2.43 bits per heavy atom. The lowest BCUT2D eigenvalue weighted by atomic mass is 9.73. The van der Waals surface area contributed by atoms with Crippen LogP contribution < -0.4 is 10.1 Å². The van der Waals surface area contributed by atoms with Gasteiger partial charge in [-0.3, -0.25) is 4.79 Å². The zero-order chi connectivity index (χ0) is 27.6. The summed E-state index contributed by atoms with van der Waals surface area (Å²) in [5.74, 6) is -0.668. The molecule has 0 radical (unpaired) electrons. The first kappa shape index (κ1) is 28.5. The summed E-state index contributed by atoms with van der Waals surface area (Å²) in [5.41, 5.74) is -3.12. The average Bonchev–Trinajstić information content (AvgIpc) is 3.18. The maximum atomic E-state index is 14.3. The number of aromatic amines is 1. The molecule has 0 saturated heterocycles. The first-order valence-electron chi connectivity index (χ1n) is 11.8. The summed E-state index contributed by atoms with van der Waals surface area (Å²) in [6, 6.07) is 9.94. The Hall–Kier alpha value is -3.11. The molecule has 3 N–H and O–H groups in total. The number of amides is 1. The first-order chi connectivity index (χ1) is 17.1. The molecule has 37 heavy (non-hydrogen) atoms. The smallest absolute Gasteiger partial charge is 0.417 e. The van der Waals surface area contributed by atoms with Crippen LogP contribution in [0.4, 0.5) is 17.6 Å². The van der Waals surface area contributed by atoms with Gasteiger partial charge in [-0.15, -0.1) is 0 Å². The van der Waals surface area contributed by atoms with Gasteiger partial charge in [0, 0.05) is 47.2 Å². The Balaban J connectivity index is 1.88. The van der Waals surface area contributed by atoms with E-state index in [4.69, 9.17) is 4.74 Å². The molecule has 2 aromatic carbocycles. The number of fused-ring (bicyclic) bond motifs is 1. The molecule has 0 bridgehead atoms. The van der Waals surface area contributed by atoms with Crippen LogP contribution in [0.25, 0.3) is 10.9 Å². The number of halogens is 4. The number of nitrogens with one attached hydrogen (secondary N) is 2. The van der Waals surface area contributed by atoms with Gasteiger partial charge in [0.1, 0.15) is 11.6 Å². The molecule has 0 aliphatic rings. The lowest BCUT2D eigenvalue weighted by Gasteiger charge is -2.38. The predicted molar refractivity (Wildman–Crippen MR) is 134 cm³/mol. The molecule has 0 aliphatic heterocycles. The average molecular weight is 524 g/mol. The molecule has 1 amide bonds. The van der Waals surface area contributed by atoms with E-state index >= 15 is 0 Å². The van der Waals surface area contributed by atoms with Crippen LogP contribution in [-0.2, 0) is 11.8 Å². The SMILES string of the molecule is COc1ccc(F)cc1C(C)(C)CC(O)(Cc1cc2cc(C(=O)NCCN(C)C)ccc2[nH]1)C(F)(F)F. The van der Waals surface area contributed by atoms with Crippen molar-refractivity contribution in [1.82, 2.24) is 15.2 Å². The Morgan fingerprint density at radius 2 is 1.81 bits per heavy atom. The highest BCUT2D eigenvalue weighted by atomic mass is 19.4. The number of carbonyl (C=O) groups excluding carboxylic acids is 1. The number of nitrogens with zero attached hydrogens (tertiary/aromatic N) is 1. The van der Waals surface area contributed by atoms with Gasteiger partial charge in [0.2, 0.25) is 0 Å². The lowest BCUT2D eigenvalue weighted by molar-refractivity contribution is -0.266. The van der Waals surface area contributed by atoms with Crippen molar-refractivity contribution < 1.29 is 32.2 Å². The minimum atomic E-state index is -4.97. The fraction of sp³-hybridized carbons (Fsp3) is 0.444. The van der Waals surface area contributed by atoms with Gasteiger partial charge in [-0.05, 0) is 68.4 Å². The molecule has 10 heteroatoms. The molecule has 6 nitrogen and oxygen atoms in total. The number of aromatic nitrogens is 1. The largest absolute Gasteiger partial charge is 0.496 e. The van der Waals surface area contributed by atoms with Crippen molar-refractivity contribution in [2.24, 2.45) is 0 Å². The molecule has 0 spiro atoms. The van der Waals surface area contributed by atoms with Crippen LogP contribution in [0.5, 0.6) is 5.75 Å². The lowest BCUT2D eigenvalue weighted by Crippen LogP contribution is -2.51. The Morgan fingerprint density at radius 1 is 1.11 bits per heavy atom. The number of alkyl halides is 3. The minimum Gasteiger partial charge on any atom is -0.496 e. The quantitative estimate of drug-likeness (QED) is 0.334. The van der Waals surface area contributed by atoms with E-state index in [0.717, 1.165) is 12.1 Å². The maximum absolute atomic E-state index is 14.3. The van der Waals surface area contributed by atoms with Crippen molar-refractivity contribution in [3.8, 4) is 5.75 Å². The molecule has 1 atom stereocenters. The molecule has 0 fully saturated rings. The van der Waals surface area contributed by atoms with Crippen LogP contribution in [0.15, 0.2) is 42.5 Å². The van der Waals surface area contributed by atoms with E-state index in [0.29, 0.717) is 29.6 Å². The Bertz CT molecular complexity index is 1250. The van der Waals surface area contributed by atoms with Gasteiger partial charge in [0.25, 0.3) is 5.91 Å². The maximum Gasteiger partial charge on any atom is 0.417 e. The van der Waals surface area contributed by atoms with Crippen LogP contribution in [0, 0.1) is 5.82 Å². The molecule has 202 valence electrons. The highest BCUT2D eigenvalue weighted by molar-refractivity contribution is 5.98. The third-order valence-electron chi connectivity index (χ3n) is 6.42. The zero-order valence-corrected chi connectivity index (χ0v) is 21.6. The van der Waals surface area contributed by atoms with Crippen molar-refractivity contribution in [3.05, 3.63) is 65.1 Å². The second-order valence-electron chi connectivity index (χ2n) is 10.3. The standard InChI is InChI=1S/C27H33F4N3O3/c1-25(2,21-14-19(28)7-9-23(21)37-5)16-26(36,27(29,30)31)15-20-13-18-12-17(6-8-22(18)33-20)24(35)32-10-11-34(3)4/h6-9,12-14,33,36H,10-11,15-16H2,1-5H3,(H,32,35). The predicted octanol–water partition coefficient (Wildman–Crippen LogP) is 4.81. The number of ether oxygens (including phenoxy) is 1. The van der Waals surface area contributed by atoms with Crippen molar-refractivity contribution in [1.29, 1.82) is 0 Å². The van der Waals surface area contributed by atoms with E-state index < -0.39 is 35.9 Å². The Kier molecular flexibility index (Phi) is 8.24. The number of rotatable bonds is 10. The van der Waals surface area contributed by atoms with E-state index in [2.05, 4.69) is 10.3 Å². The van der Waals surface area contributed by atoms with Crippen LogP contribution in [0.2, 0.25) is 0 Å². The zero-order valence-electron chi connectivity index (χ0n) is 21.6. The molecule has 0 saturated carbocycles. The normalized spacial score (nSPS) is 14.1. The third-order valence-corrected chi connectivity index (χ3v) is 6.42. The van der Waals surface area contributed by atoms with Crippen molar-refractivity contribution >= 4 is 16.8 Å². The number of aliphatic hydroxyl groups is 1. The van der Waals surface area contributed by atoms with Gasteiger partial charge in [-0.25, -0.2) is 4.39 Å². The monoisotopic (exact) mass is 523 g/mol. The summed E-state index contributed by atoms with van der Waals surface area (Å²) in [4.78, 5) is 17.3. The number of likely N-dealkylation sites (N-methyl/N-ethyl adjacent to an activating group) is 1. The van der Waals surface area contributed by atoms with Gasteiger partial charge in [-0.2, -0.15) is 13.2 Å². The second kappa shape index (κ2) is 10.7. The third kappa shape index (κ3) is 6.61. The Labute approximate surface area is 213 Å². The minimum absolute atomic E-state index is 0.155. The highest BCUT2D eigenvalue weighted by Crippen LogP contribution is 2.45. The molecular weight excluding hydrogens is 490 g/mol. The van der Waals surface area contributed by atoms with E-state index in [1.165, 1.54) is 33.1 Å². The van der Waals surface area contributed by atoms with Gasteiger partial charge >= 0.3 is 6.18 Å². The fourth-order valence-corrected chi connectivity index (χ4v) is 4.54. The molecule has 3 rings (SSSR count). The number of methoxy groups -OCH3 is 1. The summed E-state index contributed by atoms with van der Waals surface area (Å²) in [7, 11) is 5.12. The van der Waals surface area contributed by atoms with Crippen LogP contribution in [0.1, 0.15) is 41.9 Å². The summed E-state index contributed by atoms with van der Waals surface area (Å²) >= 11 is 0. The summed E-state index contributed by atoms with van der Waals surface area (Å²) in [6.07, 6.45) is -6.46. The van der Waals surface area contributed by atoms with Crippen molar-refractivity contribution in [2.45, 2.75) is 43.9 Å². The molecule has 0 aliphatic carbocycles. The number of hydrogen-bond donors (Lipinski definition) is 3. The molecule has 1 unspecified atom stereocenters. The highest BCUT2D eigenvalue weighted by Gasteiger charge is 2.56. The second-order valence-corrected chi connectivity index (χ2v) is 10.3. The van der Waals surface area contributed by atoms with Crippen molar-refractivity contribution in [3.63, 3.8) is 0 Å². The van der Waals surface area contributed by atoms with Crippen LogP contribution >= 0.6 is 0 Å². The van der Waals surface area contributed by atoms with Crippen LogP contribution in [-0.4, -0.2) is 67.0 Å². The number of H-pyrrole nitrogens is 1. The molecule has 1 heterocycles. The molecule has 3 aromatic rings. The van der Waals surface area contributed by atoms with E-state index in [9.17, 15) is 27.5 Å². The topological polar surface area (TPSA) is 77.6 Å². The van der Waals surface area contributed by atoms with Gasteiger partial charge in [0.05, 0.1) is 7.11 Å². The van der Waals surface area contributed by atoms with E-state index in [1.807, 2.05) is 19.0 Å². The van der Waals surface area contributed by atoms with Crippen LogP contribution in [0.3, 0.4) is 0 Å². The summed E-state index contributed by atoms with van der Waals surface area (Å²) in [5, 5.41) is 14.3. The summed E-state index contributed by atoms with van der Waals surface area (Å²) < 4.78 is 62.0.